The average Bonchev–Trinajstić information content (AvgIpc) is 2.71. The highest BCUT2D eigenvalue weighted by Gasteiger charge is 2.17. The number of carbonyl (C=O) groups is 1. The van der Waals surface area contributed by atoms with Gasteiger partial charge in [0.25, 0.3) is 0 Å². The number of anilines is 1. The molecule has 0 radical (unpaired) electrons. The number of hydrogen-bond acceptors (Lipinski definition) is 6. The fraction of sp³-hybridized carbons (Fsp3) is 0.300. The number of rotatable bonds is 10. The molecule has 0 aliphatic carbocycles. The summed E-state index contributed by atoms with van der Waals surface area (Å²) in [6.07, 6.45) is 2.21. The van der Waals surface area contributed by atoms with Crippen LogP contribution in [0, 0.1) is 13.8 Å². The number of aliphatic hydroxyl groups is 1. The Labute approximate surface area is 190 Å². The van der Waals surface area contributed by atoms with E-state index in [-0.39, 0.29) is 30.4 Å². The summed E-state index contributed by atoms with van der Waals surface area (Å²) < 4.78 is 15.6. The maximum Gasteiger partial charge on any atom is 0.469 e. The third-order valence-corrected chi connectivity index (χ3v) is 6.26. The number of nitrogens with zero attached hydrogens (tertiary/aromatic N) is 3. The van der Waals surface area contributed by atoms with Crippen LogP contribution in [0.15, 0.2) is 41.1 Å². The van der Waals surface area contributed by atoms with E-state index in [1.807, 2.05) is 19.1 Å². The largest absolute Gasteiger partial charge is 0.469 e. The molecule has 1 heterocycles. The Morgan fingerprint density at radius 3 is 2.66 bits per heavy atom. The Morgan fingerprint density at radius 2 is 2.06 bits per heavy atom. The second-order valence-corrected chi connectivity index (χ2v) is 9.40. The minimum absolute atomic E-state index is 0.0308. The van der Waals surface area contributed by atoms with Crippen molar-refractivity contribution in [2.75, 3.05) is 12.3 Å². The lowest BCUT2D eigenvalue weighted by molar-refractivity contribution is -0.116. The van der Waals surface area contributed by atoms with Crippen molar-refractivity contribution in [3.63, 3.8) is 0 Å². The number of thiol groups is 1. The molecule has 12 heteroatoms. The zero-order valence-electron chi connectivity index (χ0n) is 18.0. The summed E-state index contributed by atoms with van der Waals surface area (Å²) in [6.45, 7) is 5.05. The number of aliphatic hydroxyl groups excluding tert-OH is 1. The highest BCUT2D eigenvalue weighted by Crippen LogP contribution is 2.36. The maximum absolute atomic E-state index is 11.8. The molecule has 0 aliphatic rings. The Bertz CT molecular complexity index is 1090. The molecule has 0 fully saturated rings. The summed E-state index contributed by atoms with van der Waals surface area (Å²) >= 11 is 0.367. The van der Waals surface area contributed by atoms with Crippen LogP contribution in [-0.4, -0.2) is 47.8 Å². The van der Waals surface area contributed by atoms with E-state index < -0.39 is 7.82 Å². The zero-order valence-corrected chi connectivity index (χ0v) is 19.8. The van der Waals surface area contributed by atoms with Gasteiger partial charge in [-0.15, -0.1) is 11.4 Å². The fourth-order valence-corrected chi connectivity index (χ4v) is 4.12. The summed E-state index contributed by atoms with van der Waals surface area (Å²) in [4.78, 5) is 39.9. The standard InChI is InChI=1S/C20H27N4O6PS/c1-13-5-4-6-16(9-13)20(26)32-18(7-8-30-31(27,28)29)14(2)24(12-25)11-17-10-22-15(3)23-19(17)21/h4-6,9-10,12,26,32H,7-8,11H2,1-3H3,(H2,21,22,23)(H2,27,28,29)/b18-14-. The zero-order chi connectivity index (χ0) is 23.9. The normalized spacial score (nSPS) is 13.2. The van der Waals surface area contributed by atoms with Crippen molar-refractivity contribution in [1.82, 2.24) is 14.9 Å². The van der Waals surface area contributed by atoms with Crippen LogP contribution in [0.5, 0.6) is 0 Å². The number of nitrogens with two attached hydrogens (primary N) is 1. The van der Waals surface area contributed by atoms with Crippen LogP contribution in [0.1, 0.15) is 35.9 Å². The lowest BCUT2D eigenvalue weighted by Gasteiger charge is -2.22. The molecule has 0 aliphatic heterocycles. The predicted molar refractivity (Wildman–Crippen MR) is 125 cm³/mol. The molecule has 2 rings (SSSR count). The van der Waals surface area contributed by atoms with E-state index in [4.69, 9.17) is 15.5 Å². The first-order chi connectivity index (χ1) is 15.0. The molecule has 0 unspecified atom stereocenters. The molecule has 5 N–H and O–H groups in total. The van der Waals surface area contributed by atoms with Gasteiger partial charge in [0, 0.05) is 34.3 Å². The molecule has 0 atom stereocenters. The van der Waals surface area contributed by atoms with Gasteiger partial charge >= 0.3 is 7.82 Å². The third kappa shape index (κ3) is 7.94. The van der Waals surface area contributed by atoms with Gasteiger partial charge in [0.05, 0.1) is 13.2 Å². The van der Waals surface area contributed by atoms with Crippen molar-refractivity contribution >= 4 is 36.5 Å². The third-order valence-electron chi connectivity index (χ3n) is 4.45. The maximum atomic E-state index is 11.8. The lowest BCUT2D eigenvalue weighted by Crippen LogP contribution is -2.22. The molecule has 0 saturated carbocycles. The molecule has 10 nitrogen and oxygen atoms in total. The summed E-state index contributed by atoms with van der Waals surface area (Å²) in [5.41, 5.74) is 8.52. The molecule has 2 aromatic rings. The number of allylic oxidation sites excluding steroid dienone is 1. The Hall–Kier alpha value is -2.40. The smallest absolute Gasteiger partial charge is 0.383 e. The molecule has 0 saturated heterocycles. The van der Waals surface area contributed by atoms with E-state index in [0.29, 0.717) is 45.3 Å². The lowest BCUT2D eigenvalue weighted by atomic mass is 10.1. The summed E-state index contributed by atoms with van der Waals surface area (Å²) in [5.74, 6) is 0.748. The van der Waals surface area contributed by atoms with Gasteiger partial charge in [0.2, 0.25) is 6.41 Å². The van der Waals surface area contributed by atoms with Crippen molar-refractivity contribution in [1.29, 1.82) is 0 Å². The molecular formula is C20H27N4O6PS. The van der Waals surface area contributed by atoms with E-state index >= 15 is 0 Å². The molecule has 1 aromatic carbocycles. The van der Waals surface area contributed by atoms with Crippen LogP contribution in [0.25, 0.3) is 0 Å². The first-order valence-corrected chi connectivity index (χ1v) is 12.0. The van der Waals surface area contributed by atoms with E-state index in [0.717, 1.165) is 5.56 Å². The second-order valence-electron chi connectivity index (χ2n) is 6.97. The van der Waals surface area contributed by atoms with Crippen LogP contribution < -0.4 is 5.73 Å². The Morgan fingerprint density at radius 1 is 1.34 bits per heavy atom. The topological polar surface area (TPSA) is 159 Å². The fourth-order valence-electron chi connectivity index (χ4n) is 2.77. The van der Waals surface area contributed by atoms with Gasteiger partial charge in [-0.3, -0.25) is 9.32 Å². The van der Waals surface area contributed by atoms with Crippen LogP contribution in [0.2, 0.25) is 0 Å². The quantitative estimate of drug-likeness (QED) is 0.148. The molecular weight excluding hydrogens is 455 g/mol. The Kier molecular flexibility index (Phi) is 9.26. The highest BCUT2D eigenvalue weighted by molar-refractivity contribution is 8.02. The number of nitrogen functional groups attached to an aromatic ring is 1. The van der Waals surface area contributed by atoms with Crippen molar-refractivity contribution in [3.05, 3.63) is 63.6 Å². The number of aromatic nitrogens is 2. The summed E-state index contributed by atoms with van der Waals surface area (Å²) in [5, 5.41) is 10.7. The predicted octanol–water partition coefficient (Wildman–Crippen LogP) is 2.57. The number of benzene rings is 1. The number of amides is 1. The number of carbonyl (C=O) groups excluding carboxylic acids is 1. The van der Waals surface area contributed by atoms with Crippen LogP contribution >= 0.6 is 19.2 Å². The van der Waals surface area contributed by atoms with E-state index in [9.17, 15) is 14.5 Å². The SMILES string of the molecule is C/C(=C(CCOP(=O)(O)O)/[SH]=C(\O)c1cccc(C)c1)N(C=O)Cc1cnc(C)nc1N. The minimum atomic E-state index is -4.66. The van der Waals surface area contributed by atoms with E-state index in [1.165, 1.54) is 11.1 Å². The first kappa shape index (κ1) is 25.9. The average molecular weight is 482 g/mol. The van der Waals surface area contributed by atoms with Gasteiger partial charge < -0.3 is 25.5 Å². The summed E-state index contributed by atoms with van der Waals surface area (Å²) in [7, 11) is -4.66. The number of phosphoric acid groups is 1. The number of phosphoric ester groups is 1. The van der Waals surface area contributed by atoms with Gasteiger partial charge in [0.15, 0.2) is 0 Å². The van der Waals surface area contributed by atoms with Gasteiger partial charge in [0.1, 0.15) is 16.7 Å². The number of aryl methyl sites for hydroxylation is 2. The molecule has 1 aromatic heterocycles. The molecule has 0 bridgehead atoms. The van der Waals surface area contributed by atoms with Crippen molar-refractivity contribution in [2.45, 2.75) is 33.7 Å². The van der Waals surface area contributed by atoms with Gasteiger partial charge in [-0.05, 0) is 26.8 Å². The molecule has 0 spiro atoms. The van der Waals surface area contributed by atoms with E-state index in [2.05, 4.69) is 14.5 Å². The van der Waals surface area contributed by atoms with Crippen LogP contribution in [-0.2, 0) is 20.4 Å². The number of hydrogen-bond donors (Lipinski definition) is 5. The Balaban J connectivity index is 2.41. The first-order valence-electron chi connectivity index (χ1n) is 9.54. The molecule has 1 amide bonds. The van der Waals surface area contributed by atoms with Crippen LogP contribution in [0.3, 0.4) is 0 Å². The highest BCUT2D eigenvalue weighted by atomic mass is 32.1. The van der Waals surface area contributed by atoms with Gasteiger partial charge in [-0.1, -0.05) is 23.8 Å². The van der Waals surface area contributed by atoms with Crippen molar-refractivity contribution in [2.24, 2.45) is 0 Å². The van der Waals surface area contributed by atoms with Gasteiger partial charge in [-0.2, -0.15) is 0 Å². The van der Waals surface area contributed by atoms with E-state index in [1.54, 1.807) is 26.0 Å². The molecule has 174 valence electrons. The van der Waals surface area contributed by atoms with Crippen LogP contribution in [0.4, 0.5) is 5.82 Å². The van der Waals surface area contributed by atoms with Crippen molar-refractivity contribution in [3.8, 4) is 0 Å². The van der Waals surface area contributed by atoms with Crippen molar-refractivity contribution < 1.29 is 28.8 Å². The monoisotopic (exact) mass is 482 g/mol. The molecule has 32 heavy (non-hydrogen) atoms. The van der Waals surface area contributed by atoms with Gasteiger partial charge in [-0.25, -0.2) is 14.5 Å². The summed E-state index contributed by atoms with van der Waals surface area (Å²) in [6, 6.07) is 7.26. The second kappa shape index (κ2) is 11.5. The minimum Gasteiger partial charge on any atom is -0.383 e.